The number of pyridine rings is 2. The Morgan fingerprint density at radius 2 is 1.30 bits per heavy atom. The zero-order chi connectivity index (χ0) is 70.0. The SMILES string of the molecule is Brc1ccc(OCc2ccccc2)nn1.C1=C(c2ccc(OCc3ccccc3)nn2)CNCC1.CC1(C)OB(C2=CCCN([B]C=O)C2)OC1(C)C.C[C@@H](Br)C(=O)Nc1ccc(OCC2CC2)cn1.C[C@@H](C(=O)Nc1ccc(OCC2CC2)cn1)N1CCC[C@@H](c2ccc(=O)[nH]n2)C1. The fraction of sp³-hybridized carbons (Fsp3) is 0.431. The van der Waals surface area contributed by atoms with E-state index < -0.39 is 0 Å². The molecule has 27 heteroatoms. The summed E-state index contributed by atoms with van der Waals surface area (Å²) in [6, 6.07) is 37.6. The third-order valence-electron chi connectivity index (χ3n) is 17.3. The third-order valence-corrected chi connectivity index (χ3v) is 18.1. The van der Waals surface area contributed by atoms with Crippen molar-refractivity contribution in [3.8, 4) is 23.3 Å². The van der Waals surface area contributed by atoms with Crippen LogP contribution in [0.4, 0.5) is 11.6 Å². The molecule has 2 aromatic carbocycles. The van der Waals surface area contributed by atoms with Gasteiger partial charge in [0.1, 0.15) is 41.0 Å². The van der Waals surface area contributed by atoms with E-state index in [-0.39, 0.29) is 52.5 Å². The lowest BCUT2D eigenvalue weighted by atomic mass is 9.74. The van der Waals surface area contributed by atoms with Crippen LogP contribution in [0.15, 0.2) is 161 Å². The average molecular weight is 1480 g/mol. The van der Waals surface area contributed by atoms with Gasteiger partial charge in [-0.25, -0.2) is 15.1 Å². The van der Waals surface area contributed by atoms with Gasteiger partial charge in [0.2, 0.25) is 23.6 Å². The Kier molecular flexibility index (Phi) is 28.8. The molecule has 13 rings (SSSR count). The lowest BCUT2D eigenvalue weighted by Gasteiger charge is -2.35. The first-order valence-corrected chi connectivity index (χ1v) is 35.4. The normalized spacial score (nSPS) is 18.3. The van der Waals surface area contributed by atoms with Gasteiger partial charge in [0, 0.05) is 43.8 Å². The number of anilines is 2. The summed E-state index contributed by atoms with van der Waals surface area (Å²) in [5.41, 5.74) is 5.51. The summed E-state index contributed by atoms with van der Waals surface area (Å²) >= 11 is 6.41. The van der Waals surface area contributed by atoms with Crippen LogP contribution < -0.4 is 40.5 Å². The van der Waals surface area contributed by atoms with Gasteiger partial charge in [0.05, 0.1) is 65.3 Å². The van der Waals surface area contributed by atoms with Crippen molar-refractivity contribution in [2.45, 2.75) is 134 Å². The summed E-state index contributed by atoms with van der Waals surface area (Å²) in [6.45, 7) is 19.5. The van der Waals surface area contributed by atoms with Crippen LogP contribution in [0.1, 0.15) is 121 Å². The van der Waals surface area contributed by atoms with Gasteiger partial charge in [-0.2, -0.15) is 5.10 Å². The number of carbonyl (C=O) groups is 3. The Hall–Kier alpha value is -8.04. The molecule has 0 bridgehead atoms. The van der Waals surface area contributed by atoms with Gasteiger partial charge >= 0.3 is 7.12 Å². The van der Waals surface area contributed by atoms with Crippen molar-refractivity contribution in [1.29, 1.82) is 0 Å². The Morgan fingerprint density at radius 3 is 1.80 bits per heavy atom. The van der Waals surface area contributed by atoms with Crippen LogP contribution in [0.3, 0.4) is 0 Å². The Labute approximate surface area is 597 Å². The van der Waals surface area contributed by atoms with Gasteiger partial charge < -0.3 is 53.8 Å². The van der Waals surface area contributed by atoms with Gasteiger partial charge in [-0.15, -0.1) is 20.4 Å². The quantitative estimate of drug-likeness (QED) is 0.0279. The molecule has 99 heavy (non-hydrogen) atoms. The highest BCUT2D eigenvalue weighted by atomic mass is 79.9. The molecule has 521 valence electrons. The molecule has 1 radical (unpaired) electrons. The highest BCUT2D eigenvalue weighted by Gasteiger charge is 2.52. The first-order chi connectivity index (χ1) is 47.8. The van der Waals surface area contributed by atoms with Crippen molar-refractivity contribution in [2.24, 2.45) is 11.8 Å². The van der Waals surface area contributed by atoms with Crippen molar-refractivity contribution in [3.63, 3.8) is 0 Å². The van der Waals surface area contributed by atoms with Crippen LogP contribution in [0.2, 0.25) is 0 Å². The van der Waals surface area contributed by atoms with Crippen molar-refractivity contribution < 1.29 is 42.6 Å². The van der Waals surface area contributed by atoms with Crippen LogP contribution in [-0.4, -0.2) is 157 Å². The number of H-pyrrole nitrogens is 1. The van der Waals surface area contributed by atoms with Gasteiger partial charge in [0.15, 0.2) is 0 Å². The Bertz CT molecular complexity index is 3730. The zero-order valence-corrected chi connectivity index (χ0v) is 60.2. The molecule has 4 fully saturated rings. The van der Waals surface area contributed by atoms with E-state index in [1.165, 1.54) is 37.3 Å². The largest absolute Gasteiger partial charge is 0.492 e. The van der Waals surface area contributed by atoms with E-state index in [0.29, 0.717) is 53.7 Å². The first-order valence-electron chi connectivity index (χ1n) is 33.7. The van der Waals surface area contributed by atoms with Crippen molar-refractivity contribution in [3.05, 3.63) is 189 Å². The maximum Gasteiger partial charge on any atom is 0.491 e. The van der Waals surface area contributed by atoms with E-state index in [0.717, 1.165) is 123 Å². The maximum absolute atomic E-state index is 12.7. The lowest BCUT2D eigenvalue weighted by Crippen LogP contribution is -2.46. The molecule has 5 aromatic heterocycles. The molecule has 4 N–H and O–H groups in total. The van der Waals surface area contributed by atoms with E-state index in [1.54, 1.807) is 57.1 Å². The zero-order valence-electron chi connectivity index (χ0n) is 57.1. The van der Waals surface area contributed by atoms with E-state index >= 15 is 0 Å². The minimum atomic E-state index is -0.310. The predicted octanol–water partition coefficient (Wildman–Crippen LogP) is 11.1. The minimum absolute atomic E-state index is 0.0840. The van der Waals surface area contributed by atoms with Crippen LogP contribution in [0.5, 0.6) is 23.3 Å². The maximum atomic E-state index is 12.7. The van der Waals surface area contributed by atoms with Gasteiger partial charge in [0.25, 0.3) is 13.0 Å². The average Bonchev–Trinajstić information content (AvgIpc) is 1.63. The van der Waals surface area contributed by atoms with Crippen molar-refractivity contribution >= 4 is 81.6 Å². The molecular formula is C72H88B2Br2N13O10. The number of piperidine rings is 1. The fourth-order valence-electron chi connectivity index (χ4n) is 10.3. The monoisotopic (exact) mass is 1470 g/mol. The molecule has 2 amide bonds. The number of amides is 2. The highest BCUT2D eigenvalue weighted by molar-refractivity contribution is 9.10. The number of likely N-dealkylation sites (tertiary alicyclic amines) is 1. The van der Waals surface area contributed by atoms with Crippen LogP contribution in [-0.2, 0) is 36.9 Å². The van der Waals surface area contributed by atoms with Gasteiger partial charge in [-0.1, -0.05) is 88.7 Å². The van der Waals surface area contributed by atoms with Gasteiger partial charge in [-0.05, 0) is 205 Å². The summed E-state index contributed by atoms with van der Waals surface area (Å²) in [7, 11) is 1.29. The smallest absolute Gasteiger partial charge is 0.491 e. The summed E-state index contributed by atoms with van der Waals surface area (Å²) < 4.78 is 35.0. The third kappa shape index (κ3) is 25.3. The molecule has 0 unspecified atom stereocenters. The number of aromatic nitrogens is 8. The lowest BCUT2D eigenvalue weighted by molar-refractivity contribution is -0.121. The number of hydrogen-bond donors (Lipinski definition) is 4. The fourth-order valence-corrected chi connectivity index (χ4v) is 10.6. The summed E-state index contributed by atoms with van der Waals surface area (Å²) in [5.74, 6) is 5.07. The van der Waals surface area contributed by atoms with E-state index in [4.69, 9.17) is 28.3 Å². The molecule has 2 saturated heterocycles. The second-order valence-electron chi connectivity index (χ2n) is 25.8. The first kappa shape index (κ1) is 75.2. The Balaban J connectivity index is 0.000000148. The number of ether oxygens (including phenoxy) is 4. The molecule has 9 heterocycles. The number of carbonyl (C=O) groups excluding carboxylic acids is 3. The molecule has 4 aliphatic heterocycles. The molecule has 3 atom stereocenters. The second kappa shape index (κ2) is 38.0. The van der Waals surface area contributed by atoms with Gasteiger partial charge in [-0.3, -0.25) is 19.3 Å². The topological polar surface area (TPSA) is 272 Å². The number of alkyl halides is 1. The second-order valence-corrected chi connectivity index (χ2v) is 28.0. The molecule has 0 spiro atoms. The predicted molar refractivity (Wildman–Crippen MR) is 390 cm³/mol. The molecule has 2 saturated carbocycles. The molecular weight excluding hydrogens is 1390 g/mol. The summed E-state index contributed by atoms with van der Waals surface area (Å²) in [6.07, 6.45) is 17.5. The number of rotatable bonds is 22. The van der Waals surface area contributed by atoms with E-state index in [1.807, 2.05) is 124 Å². The van der Waals surface area contributed by atoms with Crippen LogP contribution >= 0.6 is 31.9 Å². The van der Waals surface area contributed by atoms with E-state index in [9.17, 15) is 19.2 Å². The number of nitrogens with one attached hydrogen (secondary N) is 4. The standard InChI is InChI=1S/C21H27N5O3.C16H17N3O.C12H20B2NO3.C12H15BrN2O2.C11H9BrN2O/c1-14(26-10-2-3-16(12-26)18-7-9-20(27)25-24-18)21(28)23-19-8-6-17(11-22-19)29-13-15-4-5-15;1-2-5-13(6-3-1)12-20-16-9-8-15(18-19-16)14-7-4-10-17-11-14;1-11(2)12(3,4)18-14(17-11)10-6-5-7-15(8-10)13-9-16;1-8(13)12(16)15-11-5-4-10(6-14-11)17-7-9-2-3-9;12-10-6-7-11(14-13-10)15-8-9-4-2-1-3-5-9/h6-9,11,14-16H,2-5,10,12-13H2,1H3,(H,25,27)(H,22,23,28);1-3,5-9,17H,4,10-12H2;6,9H,5,7-8H2,1-4H3;4-6,8-9H,2-3,7H2,1H3,(H,14,15,16);1-7H,8H2/t14-,16+;;;8-;/m0..1./s1. The van der Waals surface area contributed by atoms with Crippen LogP contribution in [0, 0.1) is 11.8 Å². The summed E-state index contributed by atoms with van der Waals surface area (Å²) in [5, 5.41) is 31.6. The van der Waals surface area contributed by atoms with Crippen LogP contribution in [0.25, 0.3) is 5.57 Å². The Morgan fingerprint density at radius 1 is 0.707 bits per heavy atom. The van der Waals surface area contributed by atoms with E-state index in [2.05, 4.69) is 105 Å². The summed E-state index contributed by atoms with van der Waals surface area (Å²) in [4.78, 5) is 58.2. The minimum Gasteiger partial charge on any atom is -0.492 e. The molecule has 2 aliphatic carbocycles. The van der Waals surface area contributed by atoms with Crippen molar-refractivity contribution in [1.82, 2.24) is 55.6 Å². The number of benzene rings is 2. The van der Waals surface area contributed by atoms with Crippen molar-refractivity contribution in [2.75, 3.05) is 63.1 Å². The number of halogens is 2. The molecule has 7 aromatic rings. The number of aromatic amines is 1. The number of nitrogens with zero attached hydrogens (tertiary/aromatic N) is 9. The highest BCUT2D eigenvalue weighted by Crippen LogP contribution is 2.39. The molecule has 6 aliphatic rings. The number of hydrogen-bond acceptors (Lipinski definition) is 20. The molecule has 23 nitrogen and oxygen atoms in total.